The minimum atomic E-state index is 0.0961. The monoisotopic (exact) mass is 112 g/mol. The number of hydrogen-bond donors (Lipinski definition) is 0. The van der Waals surface area contributed by atoms with Crippen molar-refractivity contribution in [2.75, 3.05) is 20.3 Å². The molecular weight excluding hydrogens is 104 g/mol. The highest BCUT2D eigenvalue weighted by Gasteiger charge is 2.06. The second-order valence-electron chi connectivity index (χ2n) is 1.93. The molecule has 0 aromatic rings. The Hall–Kier alpha value is -0.700. The molecule has 1 aliphatic rings. The summed E-state index contributed by atoms with van der Waals surface area (Å²) in [6, 6.07) is 0. The Morgan fingerprint density at radius 1 is 1.88 bits per heavy atom. The summed E-state index contributed by atoms with van der Waals surface area (Å²) in [5.41, 5.74) is 0. The van der Waals surface area contributed by atoms with Gasteiger partial charge in [-0.25, -0.2) is 0 Å². The fraction of sp³-hybridized carbons (Fsp3) is 0.600. The van der Waals surface area contributed by atoms with Crippen LogP contribution < -0.4 is 0 Å². The van der Waals surface area contributed by atoms with Crippen LogP contribution in [0.25, 0.3) is 0 Å². The second kappa shape index (κ2) is 2.05. The normalized spacial score (nSPS) is 21.9. The molecule has 3 nitrogen and oxygen atoms in total. The zero-order valence-corrected chi connectivity index (χ0v) is 4.79. The molecule has 1 aliphatic heterocycles. The van der Waals surface area contributed by atoms with E-state index in [1.807, 2.05) is 11.9 Å². The third kappa shape index (κ3) is 1.13. The maximum atomic E-state index is 10.5. The first-order chi connectivity index (χ1) is 3.79. The van der Waals surface area contributed by atoms with E-state index in [1.165, 1.54) is 6.21 Å². The van der Waals surface area contributed by atoms with E-state index in [0.29, 0.717) is 13.2 Å². The second-order valence-corrected chi connectivity index (χ2v) is 1.93. The van der Waals surface area contributed by atoms with Gasteiger partial charge in [-0.15, -0.1) is 0 Å². The average molecular weight is 112 g/mol. The van der Waals surface area contributed by atoms with Crippen LogP contribution in [0.3, 0.4) is 0 Å². The molecule has 0 aromatic heterocycles. The predicted octanol–water partition coefficient (Wildman–Crippen LogP) is -0.471. The first-order valence-electron chi connectivity index (χ1n) is 2.50. The van der Waals surface area contributed by atoms with E-state index in [1.54, 1.807) is 0 Å². The molecule has 0 atom stereocenters. The fourth-order valence-electron chi connectivity index (χ4n) is 0.639. The molecule has 0 radical (unpaired) electrons. The summed E-state index contributed by atoms with van der Waals surface area (Å²) in [5, 5.41) is 0. The number of carbonyl (C=O) groups is 1. The lowest BCUT2D eigenvalue weighted by molar-refractivity contribution is -0.113. The van der Waals surface area contributed by atoms with Crippen LogP contribution in [0.15, 0.2) is 4.99 Å². The van der Waals surface area contributed by atoms with E-state index in [0.717, 1.165) is 0 Å². The standard InChI is InChI=1S/C5H8N2O/c1-7-3-5(8)2-6-4-7/h2H,3-4H2,1H3. The largest absolute Gasteiger partial charge is 0.292 e. The van der Waals surface area contributed by atoms with Crippen molar-refractivity contribution in [3.8, 4) is 0 Å². The van der Waals surface area contributed by atoms with Gasteiger partial charge in [0, 0.05) is 0 Å². The summed E-state index contributed by atoms with van der Waals surface area (Å²) in [5.74, 6) is 0.0961. The Morgan fingerprint density at radius 3 is 3.00 bits per heavy atom. The lowest BCUT2D eigenvalue weighted by atomic mass is 10.4. The number of carbonyl (C=O) groups excluding carboxylic acids is 1. The van der Waals surface area contributed by atoms with E-state index >= 15 is 0 Å². The number of rotatable bonds is 0. The maximum absolute atomic E-state index is 10.5. The lowest BCUT2D eigenvalue weighted by Gasteiger charge is -2.14. The summed E-state index contributed by atoms with van der Waals surface area (Å²) in [6.45, 7) is 1.18. The predicted molar refractivity (Wildman–Crippen MR) is 31.0 cm³/mol. The first kappa shape index (κ1) is 5.44. The van der Waals surface area contributed by atoms with Gasteiger partial charge in [-0.05, 0) is 7.05 Å². The molecule has 3 heteroatoms. The molecule has 0 saturated carbocycles. The lowest BCUT2D eigenvalue weighted by Crippen LogP contribution is -2.30. The van der Waals surface area contributed by atoms with Gasteiger partial charge in [0.1, 0.15) is 0 Å². The zero-order valence-electron chi connectivity index (χ0n) is 4.79. The highest BCUT2D eigenvalue weighted by atomic mass is 16.1. The van der Waals surface area contributed by atoms with Gasteiger partial charge in [-0.1, -0.05) is 0 Å². The van der Waals surface area contributed by atoms with Gasteiger partial charge in [-0.3, -0.25) is 14.7 Å². The summed E-state index contributed by atoms with van der Waals surface area (Å²) in [6.07, 6.45) is 1.39. The van der Waals surface area contributed by atoms with Crippen molar-refractivity contribution in [1.82, 2.24) is 4.90 Å². The van der Waals surface area contributed by atoms with Crippen molar-refractivity contribution in [2.45, 2.75) is 0 Å². The van der Waals surface area contributed by atoms with Crippen molar-refractivity contribution < 1.29 is 4.79 Å². The van der Waals surface area contributed by atoms with Gasteiger partial charge < -0.3 is 0 Å². The molecule has 0 fully saturated rings. The van der Waals surface area contributed by atoms with Crippen LogP contribution in [0.4, 0.5) is 0 Å². The topological polar surface area (TPSA) is 32.7 Å². The van der Waals surface area contributed by atoms with Crippen molar-refractivity contribution >= 4 is 12.0 Å². The number of aliphatic imine (C=N–C) groups is 1. The molecule has 1 heterocycles. The Balaban J connectivity index is 2.54. The molecule has 0 unspecified atom stereocenters. The molecule has 44 valence electrons. The molecule has 1 rings (SSSR count). The Labute approximate surface area is 48.0 Å². The van der Waals surface area contributed by atoms with Crippen molar-refractivity contribution in [2.24, 2.45) is 4.99 Å². The highest BCUT2D eigenvalue weighted by molar-refractivity contribution is 6.28. The minimum Gasteiger partial charge on any atom is -0.292 e. The van der Waals surface area contributed by atoms with E-state index in [9.17, 15) is 4.79 Å². The van der Waals surface area contributed by atoms with Gasteiger partial charge in [0.25, 0.3) is 0 Å². The van der Waals surface area contributed by atoms with Crippen LogP contribution in [0.2, 0.25) is 0 Å². The number of Topliss-reactive ketones (excluding diaryl/α,β-unsaturated/α-hetero) is 1. The smallest absolute Gasteiger partial charge is 0.187 e. The molecular formula is C5H8N2O. The molecule has 0 saturated heterocycles. The van der Waals surface area contributed by atoms with Gasteiger partial charge >= 0.3 is 0 Å². The third-order valence-electron chi connectivity index (χ3n) is 0.984. The summed E-state index contributed by atoms with van der Waals surface area (Å²) < 4.78 is 0. The first-order valence-corrected chi connectivity index (χ1v) is 2.50. The molecule has 8 heavy (non-hydrogen) atoms. The molecule has 0 bridgehead atoms. The van der Waals surface area contributed by atoms with Crippen molar-refractivity contribution in [3.05, 3.63) is 0 Å². The SMILES string of the molecule is CN1CN=CC(=O)C1. The Bertz CT molecular complexity index is 130. The van der Waals surface area contributed by atoms with Crippen LogP contribution >= 0.6 is 0 Å². The van der Waals surface area contributed by atoms with Crippen molar-refractivity contribution in [3.63, 3.8) is 0 Å². The van der Waals surface area contributed by atoms with Crippen LogP contribution in [0.1, 0.15) is 0 Å². The molecule has 0 spiro atoms. The van der Waals surface area contributed by atoms with Gasteiger partial charge in [0.05, 0.1) is 19.4 Å². The summed E-state index contributed by atoms with van der Waals surface area (Å²) in [4.78, 5) is 16.1. The quantitative estimate of drug-likeness (QED) is 0.424. The molecule has 0 amide bonds. The number of ketones is 1. The van der Waals surface area contributed by atoms with Crippen LogP contribution in [-0.2, 0) is 4.79 Å². The van der Waals surface area contributed by atoms with E-state index in [4.69, 9.17) is 0 Å². The van der Waals surface area contributed by atoms with Gasteiger partial charge in [0.15, 0.2) is 5.78 Å². The maximum Gasteiger partial charge on any atom is 0.187 e. The number of nitrogens with zero attached hydrogens (tertiary/aromatic N) is 2. The highest BCUT2D eigenvalue weighted by Crippen LogP contribution is 1.87. The molecule has 0 N–H and O–H groups in total. The Kier molecular flexibility index (Phi) is 1.39. The van der Waals surface area contributed by atoms with Crippen molar-refractivity contribution in [1.29, 1.82) is 0 Å². The number of hydrogen-bond acceptors (Lipinski definition) is 3. The van der Waals surface area contributed by atoms with Crippen LogP contribution in [0.5, 0.6) is 0 Å². The van der Waals surface area contributed by atoms with Crippen LogP contribution in [-0.4, -0.2) is 37.2 Å². The summed E-state index contributed by atoms with van der Waals surface area (Å²) >= 11 is 0. The van der Waals surface area contributed by atoms with E-state index in [2.05, 4.69) is 4.99 Å². The van der Waals surface area contributed by atoms with E-state index < -0.39 is 0 Å². The molecule has 0 aromatic carbocycles. The molecule has 0 aliphatic carbocycles. The average Bonchev–Trinajstić information content (AvgIpc) is 1.64. The zero-order chi connectivity index (χ0) is 5.98. The minimum absolute atomic E-state index is 0.0961. The third-order valence-corrected chi connectivity index (χ3v) is 0.984. The Morgan fingerprint density at radius 2 is 2.62 bits per heavy atom. The van der Waals surface area contributed by atoms with Gasteiger partial charge in [0.2, 0.25) is 0 Å². The number of likely N-dealkylation sites (N-methyl/N-ethyl adjacent to an activating group) is 1. The van der Waals surface area contributed by atoms with Gasteiger partial charge in [-0.2, -0.15) is 0 Å². The van der Waals surface area contributed by atoms with E-state index in [-0.39, 0.29) is 5.78 Å². The van der Waals surface area contributed by atoms with Crippen LogP contribution in [0, 0.1) is 0 Å². The fourth-order valence-corrected chi connectivity index (χ4v) is 0.639. The summed E-state index contributed by atoms with van der Waals surface area (Å²) in [7, 11) is 1.87.